The molecule has 1 aromatic heterocycles. The summed E-state index contributed by atoms with van der Waals surface area (Å²) in [6.45, 7) is 3.70. The van der Waals surface area contributed by atoms with Crippen molar-refractivity contribution < 1.29 is 4.74 Å². The third-order valence-corrected chi connectivity index (χ3v) is 2.85. The van der Waals surface area contributed by atoms with Gasteiger partial charge in [0.1, 0.15) is 17.1 Å². The van der Waals surface area contributed by atoms with Gasteiger partial charge in [0.2, 0.25) is 5.88 Å². The predicted molar refractivity (Wildman–Crippen MR) is 54.8 cm³/mol. The van der Waals surface area contributed by atoms with Gasteiger partial charge in [-0.25, -0.2) is 4.98 Å². The Hall–Kier alpha value is -0.830. The van der Waals surface area contributed by atoms with E-state index in [0.29, 0.717) is 23.0 Å². The van der Waals surface area contributed by atoms with E-state index in [9.17, 15) is 0 Å². The molecule has 0 spiro atoms. The van der Waals surface area contributed by atoms with E-state index in [2.05, 4.69) is 9.97 Å². The number of hydrogen-bond acceptors (Lipinski definition) is 3. The first-order valence-electron chi connectivity index (χ1n) is 4.84. The Labute approximate surface area is 88.5 Å². The van der Waals surface area contributed by atoms with Gasteiger partial charge in [0.25, 0.3) is 0 Å². The van der Waals surface area contributed by atoms with Gasteiger partial charge in [-0.15, -0.1) is 0 Å². The number of aryl methyl sites for hydroxylation is 1. The molecule has 0 saturated heterocycles. The van der Waals surface area contributed by atoms with E-state index < -0.39 is 0 Å². The van der Waals surface area contributed by atoms with E-state index in [1.807, 2.05) is 13.8 Å². The maximum absolute atomic E-state index is 5.93. The zero-order valence-corrected chi connectivity index (χ0v) is 9.14. The first-order chi connectivity index (χ1) is 6.66. The molecule has 14 heavy (non-hydrogen) atoms. The van der Waals surface area contributed by atoms with Gasteiger partial charge >= 0.3 is 0 Å². The molecule has 3 nitrogen and oxygen atoms in total. The van der Waals surface area contributed by atoms with Gasteiger partial charge in [0.05, 0.1) is 0 Å². The summed E-state index contributed by atoms with van der Waals surface area (Å²) in [7, 11) is 0. The number of nitrogens with zero attached hydrogens (tertiary/aromatic N) is 2. The highest BCUT2D eigenvalue weighted by Gasteiger charge is 2.21. The van der Waals surface area contributed by atoms with E-state index >= 15 is 0 Å². The standard InChI is InChI=1S/C10H13ClN2O/c1-6-9(11)12-7(2)13-10(6)14-8-4-3-5-8/h8H,3-5H2,1-2H3. The highest BCUT2D eigenvalue weighted by Crippen LogP contribution is 2.28. The Morgan fingerprint density at radius 2 is 2.00 bits per heavy atom. The first kappa shape index (κ1) is 9.71. The lowest BCUT2D eigenvalue weighted by Gasteiger charge is -2.26. The largest absolute Gasteiger partial charge is 0.474 e. The molecule has 0 radical (unpaired) electrons. The van der Waals surface area contributed by atoms with Crippen molar-refractivity contribution >= 4 is 11.6 Å². The topological polar surface area (TPSA) is 35.0 Å². The molecule has 0 N–H and O–H groups in total. The van der Waals surface area contributed by atoms with E-state index in [0.717, 1.165) is 18.4 Å². The Morgan fingerprint density at radius 3 is 2.57 bits per heavy atom. The Balaban J connectivity index is 2.22. The molecule has 1 saturated carbocycles. The van der Waals surface area contributed by atoms with Gasteiger partial charge < -0.3 is 4.74 Å². The quantitative estimate of drug-likeness (QED) is 0.707. The van der Waals surface area contributed by atoms with Crippen LogP contribution in [0.25, 0.3) is 0 Å². The summed E-state index contributed by atoms with van der Waals surface area (Å²) in [6.07, 6.45) is 3.83. The maximum atomic E-state index is 5.93. The average Bonchev–Trinajstić information content (AvgIpc) is 2.05. The molecule has 1 fully saturated rings. The minimum Gasteiger partial charge on any atom is -0.474 e. The second-order valence-electron chi connectivity index (χ2n) is 3.66. The van der Waals surface area contributed by atoms with Crippen LogP contribution in [0.3, 0.4) is 0 Å². The van der Waals surface area contributed by atoms with Crippen molar-refractivity contribution in [2.24, 2.45) is 0 Å². The summed E-state index contributed by atoms with van der Waals surface area (Å²) < 4.78 is 5.71. The Bertz CT molecular complexity index is 350. The summed E-state index contributed by atoms with van der Waals surface area (Å²) >= 11 is 5.93. The molecule has 1 aliphatic carbocycles. The minimum atomic E-state index is 0.332. The maximum Gasteiger partial charge on any atom is 0.221 e. The normalized spacial score (nSPS) is 16.5. The van der Waals surface area contributed by atoms with Gasteiger partial charge in [0.15, 0.2) is 0 Å². The summed E-state index contributed by atoms with van der Waals surface area (Å²) in [4.78, 5) is 8.30. The second-order valence-corrected chi connectivity index (χ2v) is 4.02. The zero-order chi connectivity index (χ0) is 10.1. The molecule has 4 heteroatoms. The van der Waals surface area contributed by atoms with Crippen molar-refractivity contribution in [1.29, 1.82) is 0 Å². The lowest BCUT2D eigenvalue weighted by molar-refractivity contribution is 0.113. The summed E-state index contributed by atoms with van der Waals surface area (Å²) in [5, 5.41) is 0.492. The lowest BCUT2D eigenvalue weighted by atomic mass is 9.96. The van der Waals surface area contributed by atoms with Crippen LogP contribution in [0.5, 0.6) is 5.88 Å². The number of aromatic nitrogens is 2. The van der Waals surface area contributed by atoms with Crippen LogP contribution >= 0.6 is 11.6 Å². The summed E-state index contributed by atoms with van der Waals surface area (Å²) in [5.41, 5.74) is 0.837. The molecule has 0 aliphatic heterocycles. The van der Waals surface area contributed by atoms with Gasteiger partial charge in [-0.1, -0.05) is 11.6 Å². The molecule has 0 amide bonds. The van der Waals surface area contributed by atoms with Crippen molar-refractivity contribution in [3.63, 3.8) is 0 Å². The molecule has 0 atom stereocenters. The van der Waals surface area contributed by atoms with E-state index in [1.165, 1.54) is 6.42 Å². The van der Waals surface area contributed by atoms with Crippen LogP contribution in [-0.4, -0.2) is 16.1 Å². The smallest absolute Gasteiger partial charge is 0.221 e. The van der Waals surface area contributed by atoms with Crippen LogP contribution in [0.4, 0.5) is 0 Å². The number of rotatable bonds is 2. The Morgan fingerprint density at radius 1 is 1.29 bits per heavy atom. The fourth-order valence-electron chi connectivity index (χ4n) is 1.33. The summed E-state index contributed by atoms with van der Waals surface area (Å²) in [5.74, 6) is 1.31. The average molecular weight is 213 g/mol. The van der Waals surface area contributed by atoms with Gasteiger partial charge in [-0.2, -0.15) is 4.98 Å². The molecular formula is C10H13ClN2O. The Kier molecular flexibility index (Phi) is 2.59. The first-order valence-corrected chi connectivity index (χ1v) is 5.22. The number of ether oxygens (including phenoxy) is 1. The van der Waals surface area contributed by atoms with Crippen LogP contribution in [-0.2, 0) is 0 Å². The second kappa shape index (κ2) is 3.73. The van der Waals surface area contributed by atoms with Crippen LogP contribution in [0.1, 0.15) is 30.7 Å². The van der Waals surface area contributed by atoms with E-state index in [1.54, 1.807) is 0 Å². The third kappa shape index (κ3) is 1.82. The predicted octanol–water partition coefficient (Wildman–Crippen LogP) is 2.68. The van der Waals surface area contributed by atoms with Gasteiger partial charge in [0, 0.05) is 5.56 Å². The molecule has 1 heterocycles. The lowest BCUT2D eigenvalue weighted by Crippen LogP contribution is -2.25. The third-order valence-electron chi connectivity index (χ3n) is 2.48. The molecule has 0 bridgehead atoms. The molecule has 76 valence electrons. The molecule has 2 rings (SSSR count). The summed E-state index contributed by atoms with van der Waals surface area (Å²) in [6, 6.07) is 0. The van der Waals surface area contributed by atoms with Crippen molar-refractivity contribution in [1.82, 2.24) is 9.97 Å². The SMILES string of the molecule is Cc1nc(Cl)c(C)c(OC2CCC2)n1. The van der Waals surface area contributed by atoms with Gasteiger partial charge in [-0.05, 0) is 33.1 Å². The monoisotopic (exact) mass is 212 g/mol. The van der Waals surface area contributed by atoms with E-state index in [-0.39, 0.29) is 0 Å². The number of halogens is 1. The highest BCUT2D eigenvalue weighted by atomic mass is 35.5. The van der Waals surface area contributed by atoms with Crippen LogP contribution in [0, 0.1) is 13.8 Å². The number of hydrogen-bond donors (Lipinski definition) is 0. The van der Waals surface area contributed by atoms with Crippen LogP contribution in [0.15, 0.2) is 0 Å². The molecule has 1 aliphatic rings. The highest BCUT2D eigenvalue weighted by molar-refractivity contribution is 6.30. The van der Waals surface area contributed by atoms with Crippen LogP contribution in [0.2, 0.25) is 5.15 Å². The fraction of sp³-hybridized carbons (Fsp3) is 0.600. The van der Waals surface area contributed by atoms with Crippen molar-refractivity contribution in [2.75, 3.05) is 0 Å². The van der Waals surface area contributed by atoms with Crippen molar-refractivity contribution in [3.8, 4) is 5.88 Å². The van der Waals surface area contributed by atoms with Crippen molar-refractivity contribution in [2.45, 2.75) is 39.2 Å². The molecular weight excluding hydrogens is 200 g/mol. The van der Waals surface area contributed by atoms with Crippen LogP contribution < -0.4 is 4.74 Å². The molecule has 1 aromatic rings. The van der Waals surface area contributed by atoms with Crippen molar-refractivity contribution in [3.05, 3.63) is 16.5 Å². The zero-order valence-electron chi connectivity index (χ0n) is 8.38. The minimum absolute atomic E-state index is 0.332. The molecule has 0 unspecified atom stereocenters. The van der Waals surface area contributed by atoms with E-state index in [4.69, 9.17) is 16.3 Å². The molecule has 0 aromatic carbocycles. The van der Waals surface area contributed by atoms with Gasteiger partial charge in [-0.3, -0.25) is 0 Å². The fourth-order valence-corrected chi connectivity index (χ4v) is 1.53.